The van der Waals surface area contributed by atoms with Gasteiger partial charge < -0.3 is 4.74 Å². The van der Waals surface area contributed by atoms with Crippen LogP contribution in [0.2, 0.25) is 0 Å². The smallest absolute Gasteiger partial charge is 0.416 e. The number of hydrogen-bond donors (Lipinski definition) is 0. The van der Waals surface area contributed by atoms with Crippen molar-refractivity contribution in [3.63, 3.8) is 0 Å². The van der Waals surface area contributed by atoms with Crippen LogP contribution in [0.25, 0.3) is 0 Å². The molecule has 3 fully saturated rings. The van der Waals surface area contributed by atoms with E-state index in [1.807, 2.05) is 19.9 Å². The first kappa shape index (κ1) is 17.5. The number of benzene rings is 1. The van der Waals surface area contributed by atoms with Crippen LogP contribution in [0, 0.1) is 23.7 Å². The summed E-state index contributed by atoms with van der Waals surface area (Å²) in [6.07, 6.45) is 1.97. The van der Waals surface area contributed by atoms with Crippen LogP contribution >= 0.6 is 0 Å². The Bertz CT molecular complexity index is 671. The molecule has 2 saturated heterocycles. The van der Waals surface area contributed by atoms with Gasteiger partial charge in [-0.25, -0.2) is 9.69 Å². The molecule has 4 rings (SSSR count). The number of ether oxygens (including phenoxy) is 1. The fraction of sp³-hybridized carbons (Fsp3) is 0.619. The van der Waals surface area contributed by atoms with E-state index in [2.05, 4.69) is 29.2 Å². The quantitative estimate of drug-likeness (QED) is 0.813. The second-order valence-electron chi connectivity index (χ2n) is 8.38. The predicted molar refractivity (Wildman–Crippen MR) is 98.2 cm³/mol. The Kier molecular flexibility index (Phi) is 4.74. The summed E-state index contributed by atoms with van der Waals surface area (Å²) in [5.74, 6) is 1.12. The lowest BCUT2D eigenvalue weighted by atomic mass is 9.89. The third-order valence-electron chi connectivity index (χ3n) is 6.15. The molecule has 2 heterocycles. The molecule has 5 nitrogen and oxygen atoms in total. The summed E-state index contributed by atoms with van der Waals surface area (Å²) >= 11 is 0. The molecule has 0 N–H and O–H groups in total. The van der Waals surface area contributed by atoms with Gasteiger partial charge in [-0.05, 0) is 36.2 Å². The molecule has 3 aliphatic rings. The van der Waals surface area contributed by atoms with Gasteiger partial charge >= 0.3 is 6.09 Å². The Morgan fingerprint density at radius 3 is 2.58 bits per heavy atom. The fourth-order valence-corrected chi connectivity index (χ4v) is 4.51. The predicted octanol–water partition coefficient (Wildman–Crippen LogP) is 3.15. The second kappa shape index (κ2) is 7.03. The van der Waals surface area contributed by atoms with Crippen molar-refractivity contribution in [2.75, 3.05) is 19.7 Å². The van der Waals surface area contributed by atoms with E-state index in [0.717, 1.165) is 19.6 Å². The van der Waals surface area contributed by atoms with Gasteiger partial charge in [-0.1, -0.05) is 44.2 Å². The number of cyclic esters (lactones) is 1. The maximum absolute atomic E-state index is 13.3. The monoisotopic (exact) mass is 356 g/mol. The number of likely N-dealkylation sites (tertiary alicyclic amines) is 1. The van der Waals surface area contributed by atoms with Crippen LogP contribution < -0.4 is 0 Å². The van der Waals surface area contributed by atoms with Gasteiger partial charge in [0.1, 0.15) is 6.61 Å². The third kappa shape index (κ3) is 3.37. The highest BCUT2D eigenvalue weighted by molar-refractivity contribution is 5.95. The standard InChI is InChI=1S/C21H28N2O3/c1-14(2)19-13-26-21(25)23(19)20(24)18-12-22(11-17(18)16-8-9-16)10-15-6-4-3-5-7-15/h3-7,14,16-19H,8-13H2,1-2H3/t17-,18-,19-/m0/s1. The first-order valence-electron chi connectivity index (χ1n) is 9.80. The molecule has 0 aromatic heterocycles. The highest BCUT2D eigenvalue weighted by Gasteiger charge is 2.50. The molecule has 5 heteroatoms. The molecule has 2 amide bonds. The van der Waals surface area contributed by atoms with E-state index in [0.29, 0.717) is 18.4 Å². The summed E-state index contributed by atoms with van der Waals surface area (Å²) in [4.78, 5) is 29.3. The summed E-state index contributed by atoms with van der Waals surface area (Å²) in [5, 5.41) is 0. The van der Waals surface area contributed by atoms with Crippen LogP contribution in [0.3, 0.4) is 0 Å². The number of nitrogens with zero attached hydrogens (tertiary/aromatic N) is 2. The van der Waals surface area contributed by atoms with Crippen molar-refractivity contribution < 1.29 is 14.3 Å². The first-order valence-corrected chi connectivity index (χ1v) is 9.80. The lowest BCUT2D eigenvalue weighted by Crippen LogP contribution is -2.46. The molecule has 2 aliphatic heterocycles. The largest absolute Gasteiger partial charge is 0.447 e. The minimum atomic E-state index is -0.454. The maximum atomic E-state index is 13.3. The van der Waals surface area contributed by atoms with Gasteiger partial charge in [0.2, 0.25) is 5.91 Å². The average molecular weight is 356 g/mol. The lowest BCUT2D eigenvalue weighted by Gasteiger charge is -2.27. The fourth-order valence-electron chi connectivity index (χ4n) is 4.51. The van der Waals surface area contributed by atoms with Crippen molar-refractivity contribution in [2.24, 2.45) is 23.7 Å². The van der Waals surface area contributed by atoms with Gasteiger partial charge in [0.25, 0.3) is 0 Å². The van der Waals surface area contributed by atoms with Gasteiger partial charge in [-0.2, -0.15) is 0 Å². The summed E-state index contributed by atoms with van der Waals surface area (Å²) < 4.78 is 5.21. The summed E-state index contributed by atoms with van der Waals surface area (Å²) in [7, 11) is 0. The van der Waals surface area contributed by atoms with Crippen molar-refractivity contribution in [1.82, 2.24) is 9.80 Å². The van der Waals surface area contributed by atoms with Crippen LogP contribution in [-0.4, -0.2) is 47.5 Å². The Labute approximate surface area is 155 Å². The van der Waals surface area contributed by atoms with Crippen molar-refractivity contribution in [2.45, 2.75) is 39.3 Å². The topological polar surface area (TPSA) is 49.9 Å². The van der Waals surface area contributed by atoms with E-state index >= 15 is 0 Å². The minimum Gasteiger partial charge on any atom is -0.447 e. The summed E-state index contributed by atoms with van der Waals surface area (Å²) in [6, 6.07) is 10.3. The molecular formula is C21H28N2O3. The summed E-state index contributed by atoms with van der Waals surface area (Å²) in [5.41, 5.74) is 1.27. The molecule has 0 unspecified atom stereocenters. The van der Waals surface area contributed by atoms with Crippen molar-refractivity contribution >= 4 is 12.0 Å². The average Bonchev–Trinajstić information content (AvgIpc) is 3.27. The summed E-state index contributed by atoms with van der Waals surface area (Å²) in [6.45, 7) is 6.97. The Morgan fingerprint density at radius 1 is 1.19 bits per heavy atom. The van der Waals surface area contributed by atoms with Crippen LogP contribution in [0.5, 0.6) is 0 Å². The molecule has 1 aromatic carbocycles. The van der Waals surface area contributed by atoms with Crippen molar-refractivity contribution in [3.05, 3.63) is 35.9 Å². The van der Waals surface area contributed by atoms with Crippen molar-refractivity contribution in [1.29, 1.82) is 0 Å². The zero-order valence-electron chi connectivity index (χ0n) is 15.6. The molecule has 140 valence electrons. The highest BCUT2D eigenvalue weighted by Crippen LogP contribution is 2.45. The first-order chi connectivity index (χ1) is 12.5. The molecule has 26 heavy (non-hydrogen) atoms. The Morgan fingerprint density at radius 2 is 1.92 bits per heavy atom. The highest BCUT2D eigenvalue weighted by atomic mass is 16.6. The van der Waals surface area contributed by atoms with E-state index in [4.69, 9.17) is 4.74 Å². The lowest BCUT2D eigenvalue weighted by molar-refractivity contribution is -0.135. The number of hydrogen-bond acceptors (Lipinski definition) is 4. The maximum Gasteiger partial charge on any atom is 0.416 e. The zero-order chi connectivity index (χ0) is 18.3. The molecule has 0 bridgehead atoms. The SMILES string of the molecule is CC(C)[C@@H]1COC(=O)N1C(=O)[C@H]1CN(Cc2ccccc2)C[C@H]1C1CC1. The molecule has 1 saturated carbocycles. The molecule has 3 atom stereocenters. The molecular weight excluding hydrogens is 328 g/mol. The van der Waals surface area contributed by atoms with Gasteiger partial charge in [0.15, 0.2) is 0 Å². The van der Waals surface area contributed by atoms with Gasteiger partial charge in [-0.3, -0.25) is 9.69 Å². The zero-order valence-corrected chi connectivity index (χ0v) is 15.6. The normalized spacial score (nSPS) is 29.4. The Hall–Kier alpha value is -1.88. The second-order valence-corrected chi connectivity index (χ2v) is 8.38. The van der Waals surface area contributed by atoms with Crippen LogP contribution in [0.4, 0.5) is 4.79 Å². The van der Waals surface area contributed by atoms with Crippen LogP contribution in [0.1, 0.15) is 32.3 Å². The van der Waals surface area contributed by atoms with Gasteiger partial charge in [-0.15, -0.1) is 0 Å². The van der Waals surface area contributed by atoms with Crippen LogP contribution in [-0.2, 0) is 16.1 Å². The van der Waals surface area contributed by atoms with Crippen LogP contribution in [0.15, 0.2) is 30.3 Å². The van der Waals surface area contributed by atoms with E-state index in [1.165, 1.54) is 23.3 Å². The third-order valence-corrected chi connectivity index (χ3v) is 6.15. The molecule has 0 radical (unpaired) electrons. The molecule has 1 aliphatic carbocycles. The van der Waals surface area contributed by atoms with E-state index in [9.17, 15) is 9.59 Å². The van der Waals surface area contributed by atoms with E-state index < -0.39 is 6.09 Å². The number of rotatable bonds is 5. The number of imide groups is 1. The number of carbonyl (C=O) groups is 2. The number of amides is 2. The van der Waals surface area contributed by atoms with E-state index in [-0.39, 0.29) is 23.8 Å². The molecule has 1 aromatic rings. The number of carbonyl (C=O) groups excluding carboxylic acids is 2. The molecule has 0 spiro atoms. The Balaban J connectivity index is 1.50. The van der Waals surface area contributed by atoms with Gasteiger partial charge in [0.05, 0.1) is 12.0 Å². The minimum absolute atomic E-state index is 0.0151. The van der Waals surface area contributed by atoms with Crippen molar-refractivity contribution in [3.8, 4) is 0 Å². The van der Waals surface area contributed by atoms with E-state index in [1.54, 1.807) is 0 Å². The van der Waals surface area contributed by atoms with Gasteiger partial charge in [0, 0.05) is 19.6 Å².